The molecule has 36 heavy (non-hydrogen) atoms. The third-order valence-corrected chi connectivity index (χ3v) is 7.92. The van der Waals surface area contributed by atoms with E-state index in [9.17, 15) is 30.8 Å². The first-order chi connectivity index (χ1) is 16.6. The summed E-state index contributed by atoms with van der Waals surface area (Å²) in [4.78, 5) is 15.5. The zero-order valence-electron chi connectivity index (χ0n) is 20.1. The number of amides is 1. The van der Waals surface area contributed by atoms with Crippen LogP contribution in [0.3, 0.4) is 0 Å². The van der Waals surface area contributed by atoms with E-state index >= 15 is 0 Å². The van der Waals surface area contributed by atoms with Crippen molar-refractivity contribution < 1.29 is 35.5 Å². The number of nitrogens with zero attached hydrogens (tertiary/aromatic N) is 1. The molecular formula is C25H28F4N2O4S. The summed E-state index contributed by atoms with van der Waals surface area (Å²) in [5.41, 5.74) is -1.99. The average Bonchev–Trinajstić information content (AvgIpc) is 3.04. The summed E-state index contributed by atoms with van der Waals surface area (Å²) in [6, 6.07) is 8.91. The first-order valence-corrected chi connectivity index (χ1v) is 13.5. The summed E-state index contributed by atoms with van der Waals surface area (Å²) in [6.07, 6.45) is -0.585. The highest BCUT2D eigenvalue weighted by Gasteiger charge is 2.43. The van der Waals surface area contributed by atoms with Crippen LogP contribution in [0.1, 0.15) is 45.1 Å². The van der Waals surface area contributed by atoms with Gasteiger partial charge in [-0.1, -0.05) is 0 Å². The van der Waals surface area contributed by atoms with E-state index in [-0.39, 0.29) is 23.0 Å². The Morgan fingerprint density at radius 1 is 1.03 bits per heavy atom. The van der Waals surface area contributed by atoms with Gasteiger partial charge in [0.1, 0.15) is 17.1 Å². The predicted molar refractivity (Wildman–Crippen MR) is 126 cm³/mol. The van der Waals surface area contributed by atoms with Crippen LogP contribution in [-0.2, 0) is 20.8 Å². The molecule has 196 valence electrons. The third-order valence-electron chi connectivity index (χ3n) is 6.79. The van der Waals surface area contributed by atoms with Gasteiger partial charge in [0.15, 0.2) is 15.4 Å². The third kappa shape index (κ3) is 5.45. The Balaban J connectivity index is 1.43. The normalized spacial score (nSPS) is 22.4. The van der Waals surface area contributed by atoms with Gasteiger partial charge in [-0.3, -0.25) is 4.79 Å². The second-order valence-electron chi connectivity index (χ2n) is 9.95. The molecule has 0 aromatic heterocycles. The summed E-state index contributed by atoms with van der Waals surface area (Å²) in [7, 11) is -3.29. The lowest BCUT2D eigenvalue weighted by molar-refractivity contribution is -0.144. The Morgan fingerprint density at radius 2 is 1.61 bits per heavy atom. The number of fused-ring (bicyclic) bond motifs is 2. The second-order valence-corrected chi connectivity index (χ2v) is 12.0. The topological polar surface area (TPSA) is 75.7 Å². The van der Waals surface area contributed by atoms with Gasteiger partial charge in [0.25, 0.3) is 5.91 Å². The second kappa shape index (κ2) is 9.24. The number of nitrogens with one attached hydrogen (secondary N) is 1. The van der Waals surface area contributed by atoms with E-state index in [0.717, 1.165) is 36.9 Å². The molecule has 2 aromatic carbocycles. The number of hydrogen-bond acceptors (Lipinski definition) is 5. The Hall–Kier alpha value is -2.82. The number of alkyl halides is 3. The maximum atomic E-state index is 13.4. The molecule has 2 aliphatic rings. The number of piperidine rings is 1. The number of hydrogen-bond donors (Lipinski definition) is 1. The quantitative estimate of drug-likeness (QED) is 0.549. The lowest BCUT2D eigenvalue weighted by atomic mass is 9.95. The van der Waals surface area contributed by atoms with Gasteiger partial charge < -0.3 is 15.0 Å². The van der Waals surface area contributed by atoms with Crippen LogP contribution in [0.2, 0.25) is 0 Å². The molecule has 0 aliphatic carbocycles. The highest BCUT2D eigenvalue weighted by molar-refractivity contribution is 7.90. The Kier molecular flexibility index (Phi) is 6.74. The minimum Gasteiger partial charge on any atom is -0.477 e. The van der Waals surface area contributed by atoms with Crippen LogP contribution in [-0.4, -0.2) is 44.3 Å². The summed E-state index contributed by atoms with van der Waals surface area (Å²) in [5.74, 6) is -2.23. The number of benzene rings is 2. The molecule has 2 heterocycles. The highest BCUT2D eigenvalue weighted by Crippen LogP contribution is 2.40. The molecule has 2 fully saturated rings. The van der Waals surface area contributed by atoms with Gasteiger partial charge in [0, 0.05) is 30.1 Å². The van der Waals surface area contributed by atoms with Crippen LogP contribution >= 0.6 is 0 Å². The standard InChI is InChI=1S/C25H28F4N2O4S/c1-24(2,35-22-11-4-15(26)12-21(22)25(27,28)29)23(32)30-16-13-18-5-6-19(14-16)31(18)17-7-9-20(10-8-17)36(3,33)34/h4,7-12,16,18-19H,5-6,13-14H2,1-3H3,(H,30,32)/t16?,18-,19+. The van der Waals surface area contributed by atoms with Gasteiger partial charge in [0.05, 0.1) is 4.90 Å². The van der Waals surface area contributed by atoms with Gasteiger partial charge >= 0.3 is 6.18 Å². The van der Waals surface area contributed by atoms with E-state index in [1.807, 2.05) is 0 Å². The SMILES string of the molecule is CC(C)(Oc1ccc(F)cc1C(F)(F)F)C(=O)NC1C[C@H]2CC[C@@H](C1)N2c1ccc(S(C)(=O)=O)cc1. The summed E-state index contributed by atoms with van der Waals surface area (Å²) in [6.45, 7) is 2.75. The lowest BCUT2D eigenvalue weighted by Crippen LogP contribution is -2.55. The van der Waals surface area contributed by atoms with Crippen molar-refractivity contribution in [2.45, 2.75) is 74.3 Å². The fourth-order valence-electron chi connectivity index (χ4n) is 5.08. The fraction of sp³-hybridized carbons (Fsp3) is 0.480. The number of halogens is 4. The first-order valence-electron chi connectivity index (χ1n) is 11.6. The molecule has 2 aromatic rings. The van der Waals surface area contributed by atoms with Gasteiger partial charge in [-0.2, -0.15) is 13.2 Å². The molecule has 1 amide bonds. The number of rotatable bonds is 6. The smallest absolute Gasteiger partial charge is 0.420 e. The van der Waals surface area contributed by atoms with E-state index in [0.29, 0.717) is 18.9 Å². The minimum atomic E-state index is -4.84. The van der Waals surface area contributed by atoms with Crippen LogP contribution in [0.15, 0.2) is 47.4 Å². The number of carbonyl (C=O) groups is 1. The van der Waals surface area contributed by atoms with Crippen LogP contribution in [0.4, 0.5) is 23.2 Å². The van der Waals surface area contributed by atoms with Crippen LogP contribution < -0.4 is 15.0 Å². The molecule has 0 spiro atoms. The Morgan fingerprint density at radius 3 is 2.14 bits per heavy atom. The van der Waals surface area contributed by atoms with Gasteiger partial charge in [0.2, 0.25) is 0 Å². The summed E-state index contributed by atoms with van der Waals surface area (Å²) in [5, 5.41) is 2.93. The van der Waals surface area contributed by atoms with Crippen molar-refractivity contribution in [3.63, 3.8) is 0 Å². The van der Waals surface area contributed by atoms with Crippen molar-refractivity contribution in [3.8, 4) is 5.75 Å². The largest absolute Gasteiger partial charge is 0.477 e. The molecular weight excluding hydrogens is 500 g/mol. The average molecular weight is 529 g/mol. The fourth-order valence-corrected chi connectivity index (χ4v) is 5.71. The molecule has 11 heteroatoms. The zero-order valence-corrected chi connectivity index (χ0v) is 20.9. The maximum absolute atomic E-state index is 13.4. The predicted octanol–water partition coefficient (Wildman–Crippen LogP) is 4.72. The zero-order chi connectivity index (χ0) is 26.5. The van der Waals surface area contributed by atoms with Crippen molar-refractivity contribution in [1.29, 1.82) is 0 Å². The van der Waals surface area contributed by atoms with Crippen molar-refractivity contribution in [3.05, 3.63) is 53.8 Å². The highest BCUT2D eigenvalue weighted by atomic mass is 32.2. The van der Waals surface area contributed by atoms with E-state index in [1.54, 1.807) is 24.3 Å². The molecule has 0 radical (unpaired) electrons. The number of anilines is 1. The van der Waals surface area contributed by atoms with E-state index in [2.05, 4.69) is 10.2 Å². The molecule has 4 rings (SSSR count). The number of sulfone groups is 1. The molecule has 0 saturated carbocycles. The maximum Gasteiger partial charge on any atom is 0.420 e. The minimum absolute atomic E-state index is 0.135. The first kappa shape index (κ1) is 26.2. The van der Waals surface area contributed by atoms with Crippen molar-refractivity contribution in [2.75, 3.05) is 11.2 Å². The van der Waals surface area contributed by atoms with Gasteiger partial charge in [-0.25, -0.2) is 12.8 Å². The number of ether oxygens (including phenoxy) is 1. The van der Waals surface area contributed by atoms with E-state index < -0.39 is 44.7 Å². The molecule has 1 unspecified atom stereocenters. The van der Waals surface area contributed by atoms with E-state index in [4.69, 9.17) is 4.74 Å². The van der Waals surface area contributed by atoms with Crippen molar-refractivity contribution in [2.24, 2.45) is 0 Å². The molecule has 1 N–H and O–H groups in total. The van der Waals surface area contributed by atoms with Crippen molar-refractivity contribution >= 4 is 21.4 Å². The van der Waals surface area contributed by atoms with Crippen LogP contribution in [0, 0.1) is 5.82 Å². The molecule has 6 nitrogen and oxygen atoms in total. The van der Waals surface area contributed by atoms with E-state index in [1.165, 1.54) is 13.8 Å². The van der Waals surface area contributed by atoms with Gasteiger partial charge in [-0.15, -0.1) is 0 Å². The van der Waals surface area contributed by atoms with Crippen LogP contribution in [0.25, 0.3) is 0 Å². The Labute approximate surface area is 207 Å². The molecule has 2 bridgehead atoms. The lowest BCUT2D eigenvalue weighted by Gasteiger charge is -2.41. The van der Waals surface area contributed by atoms with Gasteiger partial charge in [-0.05, 0) is 82.0 Å². The summed E-state index contributed by atoms with van der Waals surface area (Å²) >= 11 is 0. The molecule has 2 aliphatic heterocycles. The van der Waals surface area contributed by atoms with Crippen LogP contribution in [0.5, 0.6) is 5.75 Å². The molecule has 3 atom stereocenters. The Bertz CT molecular complexity index is 1230. The summed E-state index contributed by atoms with van der Waals surface area (Å²) < 4.78 is 82.4. The van der Waals surface area contributed by atoms with Crippen molar-refractivity contribution in [1.82, 2.24) is 5.32 Å². The monoisotopic (exact) mass is 528 g/mol. The molecule has 2 saturated heterocycles. The number of carbonyl (C=O) groups excluding carboxylic acids is 1.